The molecule has 0 radical (unpaired) electrons. The molecule has 2 aromatic rings. The first kappa shape index (κ1) is 27.5. The van der Waals surface area contributed by atoms with Crippen molar-refractivity contribution in [3.8, 4) is 0 Å². The lowest BCUT2D eigenvalue weighted by molar-refractivity contribution is 0.0161. The predicted octanol–water partition coefficient (Wildman–Crippen LogP) is 4.49. The molecule has 0 amide bonds. The van der Waals surface area contributed by atoms with Gasteiger partial charge in [0.25, 0.3) is 15.0 Å². The molecule has 3 rings (SSSR count). The Morgan fingerprint density at radius 2 is 1.47 bits per heavy atom. The molecule has 32 heavy (non-hydrogen) atoms. The summed E-state index contributed by atoms with van der Waals surface area (Å²) in [6.07, 6.45) is -0.777. The number of aliphatic hydroxyl groups excluding tert-OH is 1. The SMILES string of the molecule is O=S(=O)(Cl)c1ccc(Br)cc1F.O=S(=O)(c1ccc(Br)cc1F)N1CC(F)(F)C[C@H]1CO. The number of halogens is 7. The molecule has 1 N–H and O–H groups in total. The maximum atomic E-state index is 13.7. The number of nitrogens with zero attached hydrogens (tertiary/aromatic N) is 1. The summed E-state index contributed by atoms with van der Waals surface area (Å²) in [5.74, 6) is -5.13. The third-order valence-electron chi connectivity index (χ3n) is 4.18. The van der Waals surface area contributed by atoms with Crippen LogP contribution in [0.25, 0.3) is 0 Å². The van der Waals surface area contributed by atoms with Gasteiger partial charge in [0, 0.05) is 26.0 Å². The average Bonchev–Trinajstić information content (AvgIpc) is 2.96. The molecule has 1 aliphatic heterocycles. The largest absolute Gasteiger partial charge is 0.395 e. The van der Waals surface area contributed by atoms with E-state index in [1.807, 2.05) is 0 Å². The summed E-state index contributed by atoms with van der Waals surface area (Å²) in [4.78, 5) is -1.19. The summed E-state index contributed by atoms with van der Waals surface area (Å²) in [6.45, 7) is -1.80. The molecule has 0 spiro atoms. The Kier molecular flexibility index (Phi) is 8.79. The van der Waals surface area contributed by atoms with Gasteiger partial charge in [-0.15, -0.1) is 0 Å². The van der Waals surface area contributed by atoms with Crippen molar-refractivity contribution in [3.05, 3.63) is 57.0 Å². The number of hydrogen-bond acceptors (Lipinski definition) is 5. The summed E-state index contributed by atoms with van der Waals surface area (Å²) >= 11 is 5.97. The summed E-state index contributed by atoms with van der Waals surface area (Å²) in [5, 5.41) is 9.05. The van der Waals surface area contributed by atoms with Gasteiger partial charge in [0.1, 0.15) is 21.4 Å². The van der Waals surface area contributed by atoms with Gasteiger partial charge in [-0.1, -0.05) is 31.9 Å². The first-order valence-electron chi connectivity index (χ1n) is 8.44. The number of benzene rings is 2. The third kappa shape index (κ3) is 6.64. The van der Waals surface area contributed by atoms with Crippen LogP contribution in [0.2, 0.25) is 0 Å². The van der Waals surface area contributed by atoms with Crippen LogP contribution in [0.3, 0.4) is 0 Å². The molecule has 15 heteroatoms. The molecular weight excluding hydrogens is 634 g/mol. The van der Waals surface area contributed by atoms with E-state index in [1.165, 1.54) is 12.1 Å². The minimum Gasteiger partial charge on any atom is -0.395 e. The Balaban J connectivity index is 0.000000258. The first-order valence-corrected chi connectivity index (χ1v) is 13.8. The van der Waals surface area contributed by atoms with E-state index in [-0.39, 0.29) is 0 Å². The normalized spacial score (nSPS) is 18.8. The second kappa shape index (κ2) is 10.2. The van der Waals surface area contributed by atoms with Crippen LogP contribution in [0, 0.1) is 11.6 Å². The smallest absolute Gasteiger partial charge is 0.264 e. The Hall–Kier alpha value is -0.770. The molecule has 0 unspecified atom stereocenters. The molecule has 0 aliphatic carbocycles. The van der Waals surface area contributed by atoms with Gasteiger partial charge < -0.3 is 5.11 Å². The lowest BCUT2D eigenvalue weighted by Gasteiger charge is -2.22. The van der Waals surface area contributed by atoms with E-state index < -0.39 is 72.0 Å². The number of rotatable bonds is 4. The Morgan fingerprint density at radius 1 is 1.00 bits per heavy atom. The molecule has 178 valence electrons. The van der Waals surface area contributed by atoms with E-state index in [0.717, 1.165) is 24.3 Å². The Morgan fingerprint density at radius 3 is 1.88 bits per heavy atom. The van der Waals surface area contributed by atoms with E-state index in [0.29, 0.717) is 13.3 Å². The molecule has 0 aromatic heterocycles. The summed E-state index contributed by atoms with van der Waals surface area (Å²) in [5.41, 5.74) is 0. The molecule has 0 bridgehead atoms. The van der Waals surface area contributed by atoms with Crippen LogP contribution in [-0.4, -0.2) is 51.4 Å². The van der Waals surface area contributed by atoms with Crippen molar-refractivity contribution < 1.29 is 39.5 Å². The van der Waals surface area contributed by atoms with Crippen molar-refractivity contribution in [2.75, 3.05) is 13.2 Å². The Bertz CT molecular complexity index is 1220. The van der Waals surface area contributed by atoms with Crippen molar-refractivity contribution in [1.29, 1.82) is 0 Å². The van der Waals surface area contributed by atoms with E-state index in [9.17, 15) is 34.4 Å². The van der Waals surface area contributed by atoms with Gasteiger partial charge in [-0.3, -0.25) is 0 Å². The van der Waals surface area contributed by atoms with Crippen molar-refractivity contribution >= 4 is 61.6 Å². The van der Waals surface area contributed by atoms with Gasteiger partial charge in [0.15, 0.2) is 0 Å². The van der Waals surface area contributed by atoms with Crippen LogP contribution in [0.1, 0.15) is 6.42 Å². The highest BCUT2D eigenvalue weighted by atomic mass is 79.9. The minimum atomic E-state index is -4.42. The lowest BCUT2D eigenvalue weighted by atomic mass is 10.2. The molecule has 1 atom stereocenters. The van der Waals surface area contributed by atoms with E-state index in [2.05, 4.69) is 31.9 Å². The summed E-state index contributed by atoms with van der Waals surface area (Å²) in [7, 11) is -3.46. The molecule has 6 nitrogen and oxygen atoms in total. The predicted molar refractivity (Wildman–Crippen MR) is 116 cm³/mol. The van der Waals surface area contributed by atoms with E-state index in [4.69, 9.17) is 15.8 Å². The van der Waals surface area contributed by atoms with Crippen molar-refractivity contribution in [3.63, 3.8) is 0 Å². The number of sulfonamides is 1. The van der Waals surface area contributed by atoms with Gasteiger partial charge in [-0.25, -0.2) is 34.4 Å². The van der Waals surface area contributed by atoms with Crippen LogP contribution in [0.4, 0.5) is 17.6 Å². The number of aliphatic hydroxyl groups is 1. The van der Waals surface area contributed by atoms with Gasteiger partial charge in [-0.2, -0.15) is 4.31 Å². The number of hydrogen-bond donors (Lipinski definition) is 1. The molecule has 1 fully saturated rings. The highest BCUT2D eigenvalue weighted by molar-refractivity contribution is 9.10. The molecule has 1 heterocycles. The van der Waals surface area contributed by atoms with Gasteiger partial charge in [0.2, 0.25) is 10.0 Å². The highest BCUT2D eigenvalue weighted by Crippen LogP contribution is 2.36. The van der Waals surface area contributed by atoms with Crippen LogP contribution in [0.15, 0.2) is 55.1 Å². The topological polar surface area (TPSA) is 91.8 Å². The highest BCUT2D eigenvalue weighted by Gasteiger charge is 2.50. The molecule has 0 saturated carbocycles. The average molecular weight is 648 g/mol. The zero-order valence-corrected chi connectivity index (χ0v) is 21.2. The quantitative estimate of drug-likeness (QED) is 0.390. The van der Waals surface area contributed by atoms with Gasteiger partial charge in [0.05, 0.1) is 19.2 Å². The molecular formula is C17H14Br2ClF4NO5S2. The van der Waals surface area contributed by atoms with Crippen LogP contribution >= 0.6 is 42.5 Å². The van der Waals surface area contributed by atoms with Crippen LogP contribution in [0.5, 0.6) is 0 Å². The second-order valence-corrected chi connectivity index (χ2v) is 12.8. The van der Waals surface area contributed by atoms with Crippen molar-refractivity contribution in [2.24, 2.45) is 0 Å². The molecule has 2 aromatic carbocycles. The molecule has 1 saturated heterocycles. The van der Waals surface area contributed by atoms with Crippen molar-refractivity contribution in [2.45, 2.75) is 28.2 Å². The summed E-state index contributed by atoms with van der Waals surface area (Å²) in [6, 6.07) is 5.53. The Labute approximate surface area is 202 Å². The fraction of sp³-hybridized carbons (Fsp3) is 0.294. The standard InChI is InChI=1S/C11H11BrF3NO3S.C6H3BrClFO2S/c12-7-1-2-10(9(13)3-7)20(18,19)16-6-11(14,15)4-8(16)5-17;7-4-1-2-6(5(9)3-4)12(8,10)11/h1-3,8,17H,4-6H2;1-3H/t8-;/m0./s1. The van der Waals surface area contributed by atoms with Crippen LogP contribution in [-0.2, 0) is 19.1 Å². The fourth-order valence-corrected chi connectivity index (χ4v) is 6.04. The third-order valence-corrected chi connectivity index (χ3v) is 8.45. The van der Waals surface area contributed by atoms with Crippen LogP contribution < -0.4 is 0 Å². The molecule has 1 aliphatic rings. The fourth-order valence-electron chi connectivity index (χ4n) is 2.79. The van der Waals surface area contributed by atoms with Crippen molar-refractivity contribution in [1.82, 2.24) is 4.31 Å². The van der Waals surface area contributed by atoms with Gasteiger partial charge in [-0.05, 0) is 36.4 Å². The zero-order chi connectivity index (χ0) is 24.5. The number of alkyl halides is 2. The minimum absolute atomic E-state index is 0.333. The second-order valence-electron chi connectivity index (χ2n) is 6.53. The maximum absolute atomic E-state index is 13.7. The summed E-state index contributed by atoms with van der Waals surface area (Å²) < 4.78 is 100. The van der Waals surface area contributed by atoms with E-state index >= 15 is 0 Å². The van der Waals surface area contributed by atoms with Gasteiger partial charge >= 0.3 is 0 Å². The first-order chi connectivity index (χ1) is 14.6. The maximum Gasteiger partial charge on any atom is 0.264 e. The monoisotopic (exact) mass is 645 g/mol. The lowest BCUT2D eigenvalue weighted by Crippen LogP contribution is -2.38. The zero-order valence-electron chi connectivity index (χ0n) is 15.7. The van der Waals surface area contributed by atoms with E-state index in [1.54, 1.807) is 0 Å².